The Balaban J connectivity index is 1.80. The standard InChI is InChI=1S/C24H23F3N6O3/c1-5-32-12-18(20(31-32)23(35)36-4)30-22(34)16-11-28-33-19(24(25,26)27)10-17(29-21(16)33)15-8-6-14(7-9-15)13(2)3/h6-13H,5H2,1-4H3,(H,30,34). The lowest BCUT2D eigenvalue weighted by atomic mass is 10.0. The fourth-order valence-corrected chi connectivity index (χ4v) is 3.62. The number of aryl methyl sites for hydroxylation is 1. The number of esters is 1. The monoisotopic (exact) mass is 500 g/mol. The van der Waals surface area contributed by atoms with Gasteiger partial charge < -0.3 is 10.1 Å². The highest BCUT2D eigenvalue weighted by molar-refractivity contribution is 6.10. The molecule has 1 N–H and O–H groups in total. The third-order valence-corrected chi connectivity index (χ3v) is 5.59. The number of rotatable bonds is 6. The molecule has 0 aliphatic carbocycles. The van der Waals surface area contributed by atoms with Gasteiger partial charge in [0.25, 0.3) is 5.91 Å². The van der Waals surface area contributed by atoms with Crippen LogP contribution in [-0.4, -0.2) is 43.4 Å². The van der Waals surface area contributed by atoms with E-state index in [1.165, 1.54) is 18.0 Å². The van der Waals surface area contributed by atoms with Crippen molar-refractivity contribution in [1.29, 1.82) is 0 Å². The number of nitrogens with zero attached hydrogens (tertiary/aromatic N) is 5. The second-order valence-corrected chi connectivity index (χ2v) is 8.29. The van der Waals surface area contributed by atoms with E-state index in [0.717, 1.165) is 17.8 Å². The Kier molecular flexibility index (Phi) is 6.53. The number of carbonyl (C=O) groups excluding carboxylic acids is 2. The van der Waals surface area contributed by atoms with Crippen LogP contribution in [0.3, 0.4) is 0 Å². The topological polar surface area (TPSA) is 103 Å². The summed E-state index contributed by atoms with van der Waals surface area (Å²) in [7, 11) is 1.17. The van der Waals surface area contributed by atoms with Crippen molar-refractivity contribution in [3.8, 4) is 11.3 Å². The molecule has 0 spiro atoms. The van der Waals surface area contributed by atoms with E-state index in [-0.39, 0.29) is 34.2 Å². The van der Waals surface area contributed by atoms with Crippen LogP contribution in [0.15, 0.2) is 42.7 Å². The molecule has 0 bridgehead atoms. The van der Waals surface area contributed by atoms with Crippen LogP contribution in [0.25, 0.3) is 16.9 Å². The smallest absolute Gasteiger partial charge is 0.433 e. The number of fused-ring (bicyclic) bond motifs is 1. The van der Waals surface area contributed by atoms with Gasteiger partial charge in [0, 0.05) is 18.3 Å². The second-order valence-electron chi connectivity index (χ2n) is 8.29. The minimum atomic E-state index is -4.76. The predicted octanol–water partition coefficient (Wildman–Crippen LogP) is 4.79. The summed E-state index contributed by atoms with van der Waals surface area (Å²) in [6, 6.07) is 7.91. The normalized spacial score (nSPS) is 11.8. The molecule has 0 saturated heterocycles. The van der Waals surface area contributed by atoms with E-state index in [1.807, 2.05) is 26.0 Å². The zero-order chi connectivity index (χ0) is 26.2. The summed E-state index contributed by atoms with van der Waals surface area (Å²) in [6.07, 6.45) is -2.33. The van der Waals surface area contributed by atoms with Crippen LogP contribution in [0, 0.1) is 0 Å². The molecule has 9 nitrogen and oxygen atoms in total. The highest BCUT2D eigenvalue weighted by Gasteiger charge is 2.36. The predicted molar refractivity (Wildman–Crippen MR) is 125 cm³/mol. The number of hydrogen-bond acceptors (Lipinski definition) is 6. The van der Waals surface area contributed by atoms with Gasteiger partial charge in [0.1, 0.15) is 5.56 Å². The van der Waals surface area contributed by atoms with Gasteiger partial charge in [-0.1, -0.05) is 38.1 Å². The molecule has 0 saturated carbocycles. The zero-order valence-corrected chi connectivity index (χ0v) is 19.9. The summed E-state index contributed by atoms with van der Waals surface area (Å²) in [5.41, 5.74) is -0.152. The number of halogens is 3. The van der Waals surface area contributed by atoms with Crippen LogP contribution in [0.4, 0.5) is 18.9 Å². The molecular formula is C24H23F3N6O3. The van der Waals surface area contributed by atoms with Gasteiger partial charge in [0.15, 0.2) is 17.0 Å². The lowest BCUT2D eigenvalue weighted by Gasteiger charge is -2.12. The van der Waals surface area contributed by atoms with Crippen molar-refractivity contribution >= 4 is 23.2 Å². The van der Waals surface area contributed by atoms with E-state index in [1.54, 1.807) is 19.1 Å². The molecule has 0 radical (unpaired) electrons. The van der Waals surface area contributed by atoms with Gasteiger partial charge in [0.2, 0.25) is 0 Å². The maximum Gasteiger partial charge on any atom is 0.433 e. The second kappa shape index (κ2) is 9.44. The summed E-state index contributed by atoms with van der Waals surface area (Å²) in [5.74, 6) is -1.34. The SMILES string of the molecule is CCn1cc(NC(=O)c2cnn3c(C(F)(F)F)cc(-c4ccc(C(C)C)cc4)nc23)c(C(=O)OC)n1. The molecule has 188 valence electrons. The average Bonchev–Trinajstić information content (AvgIpc) is 3.46. The highest BCUT2D eigenvalue weighted by Crippen LogP contribution is 2.33. The maximum atomic E-state index is 13.9. The van der Waals surface area contributed by atoms with Crippen LogP contribution < -0.4 is 5.32 Å². The van der Waals surface area contributed by atoms with Crippen molar-refractivity contribution in [1.82, 2.24) is 24.4 Å². The van der Waals surface area contributed by atoms with Crippen LogP contribution in [-0.2, 0) is 17.5 Å². The van der Waals surface area contributed by atoms with E-state index >= 15 is 0 Å². The Morgan fingerprint density at radius 2 is 1.86 bits per heavy atom. The van der Waals surface area contributed by atoms with Gasteiger partial charge in [-0.25, -0.2) is 14.3 Å². The maximum absolute atomic E-state index is 13.9. The average molecular weight is 500 g/mol. The number of aromatic nitrogens is 5. The van der Waals surface area contributed by atoms with Gasteiger partial charge in [-0.05, 0) is 24.5 Å². The molecule has 1 amide bonds. The van der Waals surface area contributed by atoms with E-state index in [9.17, 15) is 22.8 Å². The first-order valence-corrected chi connectivity index (χ1v) is 11.1. The number of nitrogens with one attached hydrogen (secondary N) is 1. The van der Waals surface area contributed by atoms with E-state index < -0.39 is 23.7 Å². The lowest BCUT2D eigenvalue weighted by molar-refractivity contribution is -0.142. The first kappa shape index (κ1) is 24.9. The van der Waals surface area contributed by atoms with Gasteiger partial charge in [-0.3, -0.25) is 9.48 Å². The molecule has 0 unspecified atom stereocenters. The molecule has 0 aliphatic heterocycles. The lowest BCUT2D eigenvalue weighted by Crippen LogP contribution is -2.16. The number of carbonyl (C=O) groups is 2. The number of methoxy groups -OCH3 is 1. The molecule has 3 heterocycles. The van der Waals surface area contributed by atoms with E-state index in [0.29, 0.717) is 16.6 Å². The summed E-state index contributed by atoms with van der Waals surface area (Å²) >= 11 is 0. The molecule has 0 fully saturated rings. The molecule has 0 atom stereocenters. The van der Waals surface area contributed by atoms with Crippen molar-refractivity contribution in [2.45, 2.75) is 39.4 Å². The van der Waals surface area contributed by atoms with Gasteiger partial charge >= 0.3 is 12.1 Å². The number of anilines is 1. The molecule has 3 aromatic heterocycles. The van der Waals surface area contributed by atoms with Crippen LogP contribution in [0.5, 0.6) is 0 Å². The number of benzene rings is 1. The summed E-state index contributed by atoms with van der Waals surface area (Å²) in [5, 5.41) is 10.3. The Morgan fingerprint density at radius 1 is 1.17 bits per heavy atom. The van der Waals surface area contributed by atoms with Crippen molar-refractivity contribution in [3.05, 3.63) is 65.2 Å². The summed E-state index contributed by atoms with van der Waals surface area (Å²) in [6.45, 7) is 6.21. The van der Waals surface area contributed by atoms with Crippen molar-refractivity contribution < 1.29 is 27.5 Å². The fraction of sp³-hybridized carbons (Fsp3) is 0.292. The zero-order valence-electron chi connectivity index (χ0n) is 19.9. The van der Waals surface area contributed by atoms with Crippen molar-refractivity contribution in [2.24, 2.45) is 0 Å². The minimum absolute atomic E-state index is 0.0359. The first-order chi connectivity index (χ1) is 17.0. The first-order valence-electron chi connectivity index (χ1n) is 11.1. The van der Waals surface area contributed by atoms with Crippen LogP contribution in [0.2, 0.25) is 0 Å². The largest absolute Gasteiger partial charge is 0.464 e. The minimum Gasteiger partial charge on any atom is -0.464 e. The number of amides is 1. The van der Waals surface area contributed by atoms with Crippen molar-refractivity contribution in [2.75, 3.05) is 12.4 Å². The number of hydrogen-bond donors (Lipinski definition) is 1. The molecule has 4 aromatic rings. The Labute approximate surface area is 203 Å². The Bertz CT molecular complexity index is 1440. The molecular weight excluding hydrogens is 477 g/mol. The Hall–Kier alpha value is -4.22. The van der Waals surface area contributed by atoms with E-state index in [4.69, 9.17) is 4.74 Å². The fourth-order valence-electron chi connectivity index (χ4n) is 3.62. The third kappa shape index (κ3) is 4.66. The third-order valence-electron chi connectivity index (χ3n) is 5.59. The number of ether oxygens (including phenoxy) is 1. The highest BCUT2D eigenvalue weighted by atomic mass is 19.4. The van der Waals surface area contributed by atoms with E-state index in [2.05, 4.69) is 20.5 Å². The van der Waals surface area contributed by atoms with Crippen LogP contribution in [0.1, 0.15) is 58.8 Å². The quantitative estimate of drug-likeness (QED) is 0.382. The van der Waals surface area contributed by atoms with Crippen LogP contribution >= 0.6 is 0 Å². The van der Waals surface area contributed by atoms with Gasteiger partial charge in [-0.15, -0.1) is 0 Å². The molecule has 4 rings (SSSR count). The number of alkyl halides is 3. The molecule has 0 aliphatic rings. The van der Waals surface area contributed by atoms with Gasteiger partial charge in [0.05, 0.1) is 24.7 Å². The summed E-state index contributed by atoms with van der Waals surface area (Å²) < 4.78 is 48.4. The summed E-state index contributed by atoms with van der Waals surface area (Å²) in [4.78, 5) is 29.5. The molecule has 1 aromatic carbocycles. The molecule has 36 heavy (non-hydrogen) atoms. The van der Waals surface area contributed by atoms with Gasteiger partial charge in [-0.2, -0.15) is 23.4 Å². The van der Waals surface area contributed by atoms with Crippen molar-refractivity contribution in [3.63, 3.8) is 0 Å². The Morgan fingerprint density at radius 3 is 2.44 bits per heavy atom. The molecule has 12 heteroatoms.